The Labute approximate surface area is 176 Å². The molecule has 0 saturated carbocycles. The van der Waals surface area contributed by atoms with Crippen molar-refractivity contribution in [3.63, 3.8) is 0 Å². The van der Waals surface area contributed by atoms with Crippen molar-refractivity contribution < 1.29 is 9.21 Å². The SMILES string of the molecule is CCNC(=NCc1ccc(C(N)=O)o1)NC1CCN(Cc2ccc(Cl)cc2)CC1. The molecule has 1 aliphatic heterocycles. The van der Waals surface area contributed by atoms with Crippen LogP contribution in [0.3, 0.4) is 0 Å². The molecule has 4 N–H and O–H groups in total. The number of piperidine rings is 1. The lowest BCUT2D eigenvalue weighted by Crippen LogP contribution is -2.48. The average molecular weight is 418 g/mol. The summed E-state index contributed by atoms with van der Waals surface area (Å²) >= 11 is 5.96. The van der Waals surface area contributed by atoms with Crippen molar-refractivity contribution in [3.05, 3.63) is 58.5 Å². The van der Waals surface area contributed by atoms with Gasteiger partial charge in [0.15, 0.2) is 11.7 Å². The highest BCUT2D eigenvalue weighted by Crippen LogP contribution is 2.16. The summed E-state index contributed by atoms with van der Waals surface area (Å²) in [4.78, 5) is 18.2. The highest BCUT2D eigenvalue weighted by atomic mass is 35.5. The number of aliphatic imine (C=N–C) groups is 1. The van der Waals surface area contributed by atoms with Crippen molar-refractivity contribution in [2.45, 2.75) is 38.9 Å². The van der Waals surface area contributed by atoms with Crippen molar-refractivity contribution in [2.24, 2.45) is 10.7 Å². The largest absolute Gasteiger partial charge is 0.454 e. The van der Waals surface area contributed by atoms with E-state index in [1.54, 1.807) is 12.1 Å². The molecule has 8 heteroatoms. The van der Waals surface area contributed by atoms with E-state index in [1.165, 1.54) is 5.56 Å². The third kappa shape index (κ3) is 6.51. The van der Waals surface area contributed by atoms with Crippen LogP contribution in [0.4, 0.5) is 0 Å². The maximum Gasteiger partial charge on any atom is 0.284 e. The number of rotatable bonds is 7. The van der Waals surface area contributed by atoms with Crippen LogP contribution < -0.4 is 16.4 Å². The van der Waals surface area contributed by atoms with E-state index in [-0.39, 0.29) is 5.76 Å². The number of carbonyl (C=O) groups is 1. The smallest absolute Gasteiger partial charge is 0.284 e. The van der Waals surface area contributed by atoms with Gasteiger partial charge in [0.25, 0.3) is 5.91 Å². The van der Waals surface area contributed by atoms with E-state index in [0.29, 0.717) is 18.3 Å². The predicted molar refractivity (Wildman–Crippen MR) is 115 cm³/mol. The Morgan fingerprint density at radius 1 is 1.24 bits per heavy atom. The van der Waals surface area contributed by atoms with Crippen LogP contribution in [0.1, 0.15) is 41.6 Å². The summed E-state index contributed by atoms with van der Waals surface area (Å²) < 4.78 is 5.39. The fourth-order valence-electron chi connectivity index (χ4n) is 3.35. The van der Waals surface area contributed by atoms with Crippen molar-refractivity contribution >= 4 is 23.5 Å². The Morgan fingerprint density at radius 2 is 1.97 bits per heavy atom. The molecule has 1 aromatic carbocycles. The monoisotopic (exact) mass is 417 g/mol. The third-order valence-corrected chi connectivity index (χ3v) is 5.14. The fraction of sp³-hybridized carbons (Fsp3) is 0.429. The van der Waals surface area contributed by atoms with E-state index in [9.17, 15) is 4.79 Å². The molecule has 2 heterocycles. The topological polar surface area (TPSA) is 95.9 Å². The summed E-state index contributed by atoms with van der Waals surface area (Å²) in [7, 11) is 0. The number of hydrogen-bond acceptors (Lipinski definition) is 4. The van der Waals surface area contributed by atoms with Crippen LogP contribution in [-0.2, 0) is 13.1 Å². The number of halogens is 1. The number of nitrogens with zero attached hydrogens (tertiary/aromatic N) is 2. The van der Waals surface area contributed by atoms with Gasteiger partial charge in [-0.15, -0.1) is 0 Å². The Balaban J connectivity index is 1.49. The number of hydrogen-bond donors (Lipinski definition) is 3. The van der Waals surface area contributed by atoms with Crippen molar-refractivity contribution in [1.29, 1.82) is 0 Å². The summed E-state index contributed by atoms with van der Waals surface area (Å²) in [6, 6.07) is 11.7. The molecule has 0 atom stereocenters. The second kappa shape index (κ2) is 10.3. The molecular weight excluding hydrogens is 390 g/mol. The second-order valence-electron chi connectivity index (χ2n) is 7.15. The van der Waals surface area contributed by atoms with E-state index >= 15 is 0 Å². The summed E-state index contributed by atoms with van der Waals surface area (Å²) in [5.41, 5.74) is 6.50. The maximum atomic E-state index is 11.1. The lowest BCUT2D eigenvalue weighted by Gasteiger charge is -2.33. The zero-order valence-electron chi connectivity index (χ0n) is 16.7. The lowest BCUT2D eigenvalue weighted by atomic mass is 10.0. The maximum absolute atomic E-state index is 11.1. The first-order valence-electron chi connectivity index (χ1n) is 9.93. The van der Waals surface area contributed by atoms with Gasteiger partial charge < -0.3 is 20.8 Å². The molecule has 0 spiro atoms. The Hall–Kier alpha value is -2.51. The molecule has 7 nitrogen and oxygen atoms in total. The van der Waals surface area contributed by atoms with Crippen LogP contribution in [0.15, 0.2) is 45.8 Å². The number of benzene rings is 1. The normalized spacial score (nSPS) is 16.0. The Kier molecular flexibility index (Phi) is 7.55. The zero-order valence-corrected chi connectivity index (χ0v) is 17.4. The van der Waals surface area contributed by atoms with E-state index < -0.39 is 5.91 Å². The quantitative estimate of drug-likeness (QED) is 0.475. The third-order valence-electron chi connectivity index (χ3n) is 4.89. The number of amides is 1. The lowest BCUT2D eigenvalue weighted by molar-refractivity contribution is 0.0972. The number of primary amides is 1. The van der Waals surface area contributed by atoms with Gasteiger partial charge in [-0.05, 0) is 49.6 Å². The summed E-state index contributed by atoms with van der Waals surface area (Å²) in [5.74, 6) is 0.936. The first-order valence-corrected chi connectivity index (χ1v) is 10.3. The number of nitrogens with two attached hydrogens (primary N) is 1. The molecule has 0 radical (unpaired) electrons. The molecule has 29 heavy (non-hydrogen) atoms. The number of guanidine groups is 1. The van der Waals surface area contributed by atoms with E-state index in [2.05, 4.69) is 32.7 Å². The fourth-order valence-corrected chi connectivity index (χ4v) is 3.48. The molecule has 0 aliphatic carbocycles. The molecule has 156 valence electrons. The van der Waals surface area contributed by atoms with Gasteiger partial charge in [-0.2, -0.15) is 0 Å². The number of nitrogens with one attached hydrogen (secondary N) is 2. The standard InChI is InChI=1S/C21H28ClN5O2/c1-2-24-21(25-13-18-7-8-19(29-18)20(23)28)26-17-9-11-27(12-10-17)14-15-3-5-16(22)6-4-15/h3-8,17H,2,9-14H2,1H3,(H2,23,28)(H2,24,25,26). The van der Waals surface area contributed by atoms with Gasteiger partial charge >= 0.3 is 0 Å². The molecule has 1 aromatic heterocycles. The zero-order chi connectivity index (χ0) is 20.6. The average Bonchev–Trinajstić information content (AvgIpc) is 3.19. The van der Waals surface area contributed by atoms with Crippen LogP contribution in [0.25, 0.3) is 0 Å². The minimum atomic E-state index is -0.573. The van der Waals surface area contributed by atoms with Gasteiger partial charge in [-0.1, -0.05) is 23.7 Å². The molecule has 1 saturated heterocycles. The van der Waals surface area contributed by atoms with Crippen molar-refractivity contribution in [2.75, 3.05) is 19.6 Å². The molecule has 3 rings (SSSR count). The van der Waals surface area contributed by atoms with Gasteiger partial charge in [0, 0.05) is 37.2 Å². The van der Waals surface area contributed by atoms with Crippen LogP contribution in [0.2, 0.25) is 5.02 Å². The van der Waals surface area contributed by atoms with E-state index in [0.717, 1.165) is 50.0 Å². The molecule has 0 unspecified atom stereocenters. The van der Waals surface area contributed by atoms with E-state index in [4.69, 9.17) is 21.8 Å². The van der Waals surface area contributed by atoms with E-state index in [1.807, 2.05) is 19.1 Å². The molecule has 0 bridgehead atoms. The number of likely N-dealkylation sites (tertiary alicyclic amines) is 1. The van der Waals surface area contributed by atoms with Crippen molar-refractivity contribution in [1.82, 2.24) is 15.5 Å². The molecule has 2 aromatic rings. The first-order chi connectivity index (χ1) is 14.0. The molecular formula is C21H28ClN5O2. The minimum absolute atomic E-state index is 0.154. The minimum Gasteiger partial charge on any atom is -0.454 e. The van der Waals surface area contributed by atoms with Gasteiger partial charge in [0.2, 0.25) is 0 Å². The molecule has 1 amide bonds. The number of carbonyl (C=O) groups excluding carboxylic acids is 1. The molecule has 1 fully saturated rings. The van der Waals surface area contributed by atoms with Gasteiger partial charge in [0.1, 0.15) is 12.3 Å². The van der Waals surface area contributed by atoms with Gasteiger partial charge in [0.05, 0.1) is 0 Å². The summed E-state index contributed by atoms with van der Waals surface area (Å²) in [6.45, 7) is 6.15. The van der Waals surface area contributed by atoms with Crippen molar-refractivity contribution in [3.8, 4) is 0 Å². The Morgan fingerprint density at radius 3 is 2.59 bits per heavy atom. The van der Waals surface area contributed by atoms with Crippen LogP contribution in [0.5, 0.6) is 0 Å². The van der Waals surface area contributed by atoms with Crippen LogP contribution >= 0.6 is 11.6 Å². The number of furan rings is 1. The Bertz CT molecular complexity index is 826. The second-order valence-corrected chi connectivity index (χ2v) is 7.58. The van der Waals surface area contributed by atoms with Gasteiger partial charge in [-0.3, -0.25) is 9.69 Å². The summed E-state index contributed by atoms with van der Waals surface area (Å²) in [5, 5.41) is 7.55. The van der Waals surface area contributed by atoms with Crippen LogP contribution in [0, 0.1) is 0 Å². The van der Waals surface area contributed by atoms with Crippen LogP contribution in [-0.4, -0.2) is 42.4 Å². The predicted octanol–water partition coefficient (Wildman–Crippen LogP) is 2.75. The summed E-state index contributed by atoms with van der Waals surface area (Å²) in [6.07, 6.45) is 2.09. The van der Waals surface area contributed by atoms with Gasteiger partial charge in [-0.25, -0.2) is 4.99 Å². The highest BCUT2D eigenvalue weighted by Gasteiger charge is 2.20. The first kappa shape index (κ1) is 21.2. The molecule has 1 aliphatic rings. The highest BCUT2D eigenvalue weighted by molar-refractivity contribution is 6.30.